The summed E-state index contributed by atoms with van der Waals surface area (Å²) in [5.74, 6) is -1.63. The molecule has 3 aromatic rings. The number of nitrogens with one attached hydrogen (secondary N) is 1. The maximum atomic E-state index is 13.7. The van der Waals surface area contributed by atoms with Crippen molar-refractivity contribution in [3.05, 3.63) is 64.8 Å². The van der Waals surface area contributed by atoms with Crippen LogP contribution in [0.2, 0.25) is 0 Å². The number of thioether (sulfide) groups is 1. The number of aromatic nitrogens is 1. The zero-order valence-corrected chi connectivity index (χ0v) is 16.8. The normalized spacial score (nSPS) is 10.5. The third-order valence-electron chi connectivity index (χ3n) is 3.81. The van der Waals surface area contributed by atoms with Crippen molar-refractivity contribution in [3.8, 4) is 11.3 Å². The number of thiazole rings is 1. The van der Waals surface area contributed by atoms with E-state index in [9.17, 15) is 14.0 Å². The SMILES string of the molecule is COC(=O)c1cc(NC(=O)CSc2nc(-c3ccc(C)cc3)cs2)ccc1F. The number of hydrogen-bond acceptors (Lipinski definition) is 6. The molecule has 1 aromatic heterocycles. The Morgan fingerprint density at radius 2 is 1.96 bits per heavy atom. The maximum absolute atomic E-state index is 13.7. The number of rotatable bonds is 6. The van der Waals surface area contributed by atoms with Gasteiger partial charge >= 0.3 is 5.97 Å². The van der Waals surface area contributed by atoms with Crippen LogP contribution in [0.25, 0.3) is 11.3 Å². The van der Waals surface area contributed by atoms with Crippen LogP contribution in [0.15, 0.2) is 52.2 Å². The Morgan fingerprint density at radius 1 is 1.21 bits per heavy atom. The Bertz CT molecular complexity index is 1000. The van der Waals surface area contributed by atoms with E-state index in [1.807, 2.05) is 36.6 Å². The first-order valence-electron chi connectivity index (χ1n) is 8.29. The number of anilines is 1. The highest BCUT2D eigenvalue weighted by atomic mass is 32.2. The van der Waals surface area contributed by atoms with Gasteiger partial charge in [0.2, 0.25) is 5.91 Å². The molecule has 0 saturated heterocycles. The molecule has 0 fully saturated rings. The minimum atomic E-state index is -0.797. The topological polar surface area (TPSA) is 68.3 Å². The van der Waals surface area contributed by atoms with Crippen molar-refractivity contribution in [2.75, 3.05) is 18.2 Å². The van der Waals surface area contributed by atoms with E-state index >= 15 is 0 Å². The second kappa shape index (κ2) is 8.99. The van der Waals surface area contributed by atoms with Crippen LogP contribution in [0.1, 0.15) is 15.9 Å². The second-order valence-corrected chi connectivity index (χ2v) is 7.97. The van der Waals surface area contributed by atoms with Gasteiger partial charge in [0, 0.05) is 16.6 Å². The first kappa shape index (κ1) is 20.0. The largest absolute Gasteiger partial charge is 0.465 e. The number of carbonyl (C=O) groups is 2. The number of aryl methyl sites for hydroxylation is 1. The molecular formula is C20H17FN2O3S2. The zero-order chi connectivity index (χ0) is 20.1. The van der Waals surface area contributed by atoms with E-state index < -0.39 is 11.8 Å². The molecule has 1 amide bonds. The van der Waals surface area contributed by atoms with Crippen LogP contribution in [-0.2, 0) is 9.53 Å². The molecule has 2 aromatic carbocycles. The van der Waals surface area contributed by atoms with Gasteiger partial charge in [-0.2, -0.15) is 0 Å². The predicted molar refractivity (Wildman–Crippen MR) is 109 cm³/mol. The van der Waals surface area contributed by atoms with Crippen molar-refractivity contribution in [1.29, 1.82) is 0 Å². The van der Waals surface area contributed by atoms with Crippen molar-refractivity contribution >= 4 is 40.7 Å². The molecule has 0 bridgehead atoms. The number of nitrogens with zero attached hydrogens (tertiary/aromatic N) is 1. The number of benzene rings is 2. The summed E-state index contributed by atoms with van der Waals surface area (Å²) in [6.45, 7) is 2.03. The number of methoxy groups -OCH3 is 1. The smallest absolute Gasteiger partial charge is 0.340 e. The first-order valence-corrected chi connectivity index (χ1v) is 10.2. The molecule has 3 rings (SSSR count). The van der Waals surface area contributed by atoms with Gasteiger partial charge in [-0.25, -0.2) is 14.2 Å². The lowest BCUT2D eigenvalue weighted by Crippen LogP contribution is -2.15. The molecule has 1 heterocycles. The van der Waals surface area contributed by atoms with Gasteiger partial charge < -0.3 is 10.1 Å². The summed E-state index contributed by atoms with van der Waals surface area (Å²) in [5.41, 5.74) is 3.18. The highest BCUT2D eigenvalue weighted by Gasteiger charge is 2.14. The molecule has 5 nitrogen and oxygen atoms in total. The molecule has 0 radical (unpaired) electrons. The summed E-state index contributed by atoms with van der Waals surface area (Å²) in [5, 5.41) is 4.60. The molecule has 0 unspecified atom stereocenters. The van der Waals surface area contributed by atoms with Crippen molar-refractivity contribution < 1.29 is 18.7 Å². The van der Waals surface area contributed by atoms with Gasteiger partial charge in [-0.15, -0.1) is 11.3 Å². The van der Waals surface area contributed by atoms with Crippen LogP contribution < -0.4 is 5.32 Å². The molecule has 1 N–H and O–H groups in total. The average Bonchev–Trinajstić information content (AvgIpc) is 3.17. The van der Waals surface area contributed by atoms with Crippen LogP contribution in [0.5, 0.6) is 0 Å². The maximum Gasteiger partial charge on any atom is 0.340 e. The lowest BCUT2D eigenvalue weighted by molar-refractivity contribution is -0.113. The van der Waals surface area contributed by atoms with E-state index in [4.69, 9.17) is 0 Å². The van der Waals surface area contributed by atoms with Crippen LogP contribution in [0.3, 0.4) is 0 Å². The van der Waals surface area contributed by atoms with Gasteiger partial charge in [0.15, 0.2) is 4.34 Å². The van der Waals surface area contributed by atoms with Crippen molar-refractivity contribution in [2.45, 2.75) is 11.3 Å². The summed E-state index contributed by atoms with van der Waals surface area (Å²) in [6, 6.07) is 11.8. The highest BCUT2D eigenvalue weighted by Crippen LogP contribution is 2.28. The summed E-state index contributed by atoms with van der Waals surface area (Å²) < 4.78 is 19.0. The number of ether oxygens (including phenoxy) is 1. The Hall–Kier alpha value is -2.71. The van der Waals surface area contributed by atoms with Crippen molar-refractivity contribution in [2.24, 2.45) is 0 Å². The quantitative estimate of drug-likeness (QED) is 0.463. The van der Waals surface area contributed by atoms with Gasteiger partial charge in [0.1, 0.15) is 5.82 Å². The average molecular weight is 416 g/mol. The Labute approximate surface area is 170 Å². The fraction of sp³-hybridized carbons (Fsp3) is 0.150. The minimum Gasteiger partial charge on any atom is -0.465 e. The van der Waals surface area contributed by atoms with Gasteiger partial charge in [0.25, 0.3) is 0 Å². The summed E-state index contributed by atoms with van der Waals surface area (Å²) >= 11 is 2.78. The van der Waals surface area contributed by atoms with E-state index in [2.05, 4.69) is 15.0 Å². The molecular weight excluding hydrogens is 399 g/mol. The molecule has 0 aliphatic heterocycles. The van der Waals surface area contributed by atoms with Crippen molar-refractivity contribution in [3.63, 3.8) is 0 Å². The van der Waals surface area contributed by atoms with Gasteiger partial charge in [0.05, 0.1) is 24.1 Å². The molecule has 0 saturated carbocycles. The molecule has 0 aliphatic rings. The minimum absolute atomic E-state index is 0.145. The zero-order valence-electron chi connectivity index (χ0n) is 15.2. The molecule has 28 heavy (non-hydrogen) atoms. The lowest BCUT2D eigenvalue weighted by atomic mass is 10.1. The summed E-state index contributed by atoms with van der Waals surface area (Å²) in [6.07, 6.45) is 0. The van der Waals surface area contributed by atoms with Gasteiger partial charge in [-0.3, -0.25) is 4.79 Å². The number of hydrogen-bond donors (Lipinski definition) is 1. The number of esters is 1. The third-order valence-corrected chi connectivity index (χ3v) is 5.83. The summed E-state index contributed by atoms with van der Waals surface area (Å²) in [7, 11) is 1.17. The molecule has 0 spiro atoms. The predicted octanol–water partition coefficient (Wildman–Crippen LogP) is 4.78. The van der Waals surface area contributed by atoms with E-state index in [-0.39, 0.29) is 17.2 Å². The Kier molecular flexibility index (Phi) is 6.43. The number of halogens is 1. The van der Waals surface area contributed by atoms with E-state index in [1.165, 1.54) is 47.9 Å². The fourth-order valence-corrected chi connectivity index (χ4v) is 4.01. The highest BCUT2D eigenvalue weighted by molar-refractivity contribution is 8.01. The number of carbonyl (C=O) groups excluding carboxylic acids is 2. The third kappa shape index (κ3) is 4.96. The second-order valence-electron chi connectivity index (χ2n) is 5.89. The standard InChI is InChI=1S/C20H17FN2O3S2/c1-12-3-5-13(6-4-12)17-10-27-20(23-17)28-11-18(24)22-14-7-8-16(21)15(9-14)19(25)26-2/h3-10H,11H2,1-2H3,(H,22,24). The molecule has 8 heteroatoms. The van der Waals surface area contributed by atoms with Gasteiger partial charge in [-0.05, 0) is 25.1 Å². The first-order chi connectivity index (χ1) is 13.5. The molecule has 0 aliphatic carbocycles. The Balaban J connectivity index is 1.59. The molecule has 0 atom stereocenters. The van der Waals surface area contributed by atoms with Crippen LogP contribution in [0.4, 0.5) is 10.1 Å². The van der Waals surface area contributed by atoms with Crippen LogP contribution >= 0.6 is 23.1 Å². The summed E-state index contributed by atoms with van der Waals surface area (Å²) in [4.78, 5) is 28.2. The molecule has 144 valence electrons. The van der Waals surface area contributed by atoms with E-state index in [0.717, 1.165) is 21.7 Å². The fourth-order valence-electron chi connectivity index (χ4n) is 2.37. The Morgan fingerprint density at radius 3 is 2.68 bits per heavy atom. The van der Waals surface area contributed by atoms with Crippen molar-refractivity contribution in [1.82, 2.24) is 4.98 Å². The monoisotopic (exact) mass is 416 g/mol. The number of amides is 1. The van der Waals surface area contributed by atoms with Crippen LogP contribution in [0, 0.1) is 12.7 Å². The van der Waals surface area contributed by atoms with Crippen LogP contribution in [-0.4, -0.2) is 29.7 Å². The van der Waals surface area contributed by atoms with E-state index in [1.54, 1.807) is 0 Å². The van der Waals surface area contributed by atoms with E-state index in [0.29, 0.717) is 5.69 Å². The lowest BCUT2D eigenvalue weighted by Gasteiger charge is -2.07. The van der Waals surface area contributed by atoms with Gasteiger partial charge in [-0.1, -0.05) is 41.6 Å².